The molecule has 2 unspecified atom stereocenters. The van der Waals surface area contributed by atoms with Crippen LogP contribution in [0.15, 0.2) is 66.6 Å². The van der Waals surface area contributed by atoms with Crippen molar-refractivity contribution in [3.8, 4) is 0 Å². The smallest absolute Gasteiger partial charge is 0.336 e. The van der Waals surface area contributed by atoms with E-state index in [0.29, 0.717) is 12.3 Å². The molecule has 1 fully saturated rings. The van der Waals surface area contributed by atoms with Gasteiger partial charge in [-0.15, -0.1) is 11.8 Å². The highest BCUT2D eigenvalue weighted by Gasteiger charge is 2.50. The van der Waals surface area contributed by atoms with Crippen LogP contribution in [0.1, 0.15) is 21.2 Å². The summed E-state index contributed by atoms with van der Waals surface area (Å²) in [5, 5.41) is 9.24. The summed E-state index contributed by atoms with van der Waals surface area (Å²) in [7, 11) is -4.74. The fraction of sp³-hybridized carbons (Fsp3) is 0.238. The highest BCUT2D eigenvalue weighted by molar-refractivity contribution is 8.00. The van der Waals surface area contributed by atoms with Crippen molar-refractivity contribution in [1.29, 1.82) is 0 Å². The second-order valence-electron chi connectivity index (χ2n) is 7.59. The zero-order chi connectivity index (χ0) is 23.8. The Morgan fingerprint density at radius 2 is 1.85 bits per heavy atom. The first-order valence-electron chi connectivity index (χ1n) is 9.82. The number of hydrogen-bond donors (Lipinski definition) is 3. The van der Waals surface area contributed by atoms with Gasteiger partial charge in [-0.3, -0.25) is 14.1 Å². The molecule has 1 aromatic carbocycles. The molecular weight excluding hydrogens is 470 g/mol. The maximum atomic E-state index is 12.7. The van der Waals surface area contributed by atoms with Crippen LogP contribution in [-0.2, 0) is 26.3 Å². The molecule has 172 valence electrons. The van der Waals surface area contributed by atoms with E-state index in [0.717, 1.165) is 5.57 Å². The summed E-state index contributed by atoms with van der Waals surface area (Å²) in [5.74, 6) is -1.80. The van der Waals surface area contributed by atoms with Gasteiger partial charge in [-0.25, -0.2) is 9.36 Å². The Labute approximate surface area is 193 Å². The van der Waals surface area contributed by atoms with E-state index in [1.807, 2.05) is 0 Å². The lowest BCUT2D eigenvalue weighted by atomic mass is 10.1. The minimum absolute atomic E-state index is 0.102. The number of hydrogen-bond acceptors (Lipinski definition) is 6. The van der Waals surface area contributed by atoms with Crippen LogP contribution in [0.25, 0.3) is 0 Å². The van der Waals surface area contributed by atoms with Crippen molar-refractivity contribution in [3.63, 3.8) is 0 Å². The van der Waals surface area contributed by atoms with Gasteiger partial charge in [0.25, 0.3) is 16.0 Å². The molecule has 12 heteroatoms. The minimum atomic E-state index is -4.74. The number of aromatic carboxylic acids is 1. The van der Waals surface area contributed by atoms with E-state index in [4.69, 9.17) is 5.11 Å². The molecule has 0 saturated carbocycles. The monoisotopic (exact) mass is 490 g/mol. The Balaban J connectivity index is 1.43. The third-order valence-electron chi connectivity index (χ3n) is 5.30. The largest absolute Gasteiger partial charge is 0.478 e. The van der Waals surface area contributed by atoms with Crippen molar-refractivity contribution in [3.05, 3.63) is 77.8 Å². The highest BCUT2D eigenvalue weighted by Crippen LogP contribution is 2.36. The first-order chi connectivity index (χ1) is 15.6. The van der Waals surface area contributed by atoms with Crippen LogP contribution in [0.5, 0.6) is 0 Å². The number of thioether (sulfide) groups is 1. The topological polar surface area (TPSA) is 145 Å². The molecule has 3 N–H and O–H groups in total. The molecule has 0 aliphatic carbocycles. The standard InChI is InChI=1S/C21H19N3O7S2/c25-18(17(33(29,30)31)14-4-2-1-3-5-14)22-16-19(26)24-11-13(12-32-20(16)24)10-23-8-6-15(7-9-23)21(27)28/h1-9,11,16-17,20H,10,12H2,(H2-,22,25,27,28,29,30,31)/p+1/t16?,17?,20-/m0/s1. The molecular formula is C21H20N3O7S2+. The predicted octanol–water partition coefficient (Wildman–Crippen LogP) is 0.585. The lowest BCUT2D eigenvalue weighted by Crippen LogP contribution is -2.69. The zero-order valence-electron chi connectivity index (χ0n) is 17.1. The third kappa shape index (κ3) is 4.77. The Bertz CT molecular complexity index is 1230. The summed E-state index contributed by atoms with van der Waals surface area (Å²) in [6.45, 7) is 0.458. The van der Waals surface area contributed by atoms with E-state index < -0.39 is 33.3 Å². The average molecular weight is 491 g/mol. The normalized spacial score (nSPS) is 20.8. The van der Waals surface area contributed by atoms with Crippen molar-refractivity contribution in [2.45, 2.75) is 23.2 Å². The van der Waals surface area contributed by atoms with Gasteiger partial charge in [0, 0.05) is 29.7 Å². The van der Waals surface area contributed by atoms with E-state index in [2.05, 4.69) is 5.32 Å². The number of pyridine rings is 1. The molecule has 0 radical (unpaired) electrons. The van der Waals surface area contributed by atoms with Crippen molar-refractivity contribution < 1.29 is 37.0 Å². The van der Waals surface area contributed by atoms with Gasteiger partial charge in [-0.05, 0) is 5.56 Å². The molecule has 33 heavy (non-hydrogen) atoms. The Kier molecular flexibility index (Phi) is 6.23. The second-order valence-corrected chi connectivity index (χ2v) is 10.2. The van der Waals surface area contributed by atoms with Crippen LogP contribution < -0.4 is 9.88 Å². The maximum absolute atomic E-state index is 12.7. The molecule has 2 aliphatic heterocycles. The lowest BCUT2D eigenvalue weighted by Gasteiger charge is -2.47. The number of β-lactam (4-membered cyclic amide) rings is 1. The molecule has 3 heterocycles. The fourth-order valence-electron chi connectivity index (χ4n) is 3.70. The average Bonchev–Trinajstić information content (AvgIpc) is 2.77. The summed E-state index contributed by atoms with van der Waals surface area (Å²) in [4.78, 5) is 37.8. The molecule has 4 rings (SSSR count). The fourth-order valence-corrected chi connectivity index (χ4v) is 5.79. The number of rotatable bonds is 7. The van der Waals surface area contributed by atoms with Crippen molar-refractivity contribution in [2.24, 2.45) is 0 Å². The Hall–Kier alpha value is -3.22. The highest BCUT2D eigenvalue weighted by atomic mass is 32.2. The maximum Gasteiger partial charge on any atom is 0.336 e. The number of amides is 2. The van der Waals surface area contributed by atoms with Gasteiger partial charge in [-0.1, -0.05) is 30.3 Å². The first-order valence-corrected chi connectivity index (χ1v) is 12.4. The molecule has 2 aromatic rings. The summed E-state index contributed by atoms with van der Waals surface area (Å²) in [5.41, 5.74) is 1.20. The van der Waals surface area contributed by atoms with Crippen LogP contribution in [0.3, 0.4) is 0 Å². The zero-order valence-corrected chi connectivity index (χ0v) is 18.7. The van der Waals surface area contributed by atoms with Crippen molar-refractivity contribution >= 4 is 39.7 Å². The van der Waals surface area contributed by atoms with Gasteiger partial charge in [-0.2, -0.15) is 8.42 Å². The number of aromatic nitrogens is 1. The number of carboxylic acids is 1. The molecule has 1 saturated heterocycles. The summed E-state index contributed by atoms with van der Waals surface area (Å²) in [6, 6.07) is 9.64. The van der Waals surface area contributed by atoms with Crippen LogP contribution in [0.4, 0.5) is 0 Å². The Morgan fingerprint density at radius 1 is 1.18 bits per heavy atom. The van der Waals surface area contributed by atoms with Crippen LogP contribution in [0.2, 0.25) is 0 Å². The number of fused-ring (bicyclic) bond motifs is 1. The second kappa shape index (κ2) is 8.96. The Morgan fingerprint density at radius 3 is 2.45 bits per heavy atom. The van der Waals surface area contributed by atoms with Gasteiger partial charge in [0.1, 0.15) is 11.4 Å². The molecule has 2 amide bonds. The number of carbonyl (C=O) groups is 3. The van der Waals surface area contributed by atoms with Gasteiger partial charge in [0.2, 0.25) is 5.91 Å². The molecule has 3 atom stereocenters. The predicted molar refractivity (Wildman–Crippen MR) is 117 cm³/mol. The van der Waals surface area contributed by atoms with Gasteiger partial charge in [0.05, 0.1) is 5.56 Å². The number of nitrogens with one attached hydrogen (secondary N) is 1. The summed E-state index contributed by atoms with van der Waals surface area (Å²) in [6.07, 6.45) is 4.98. The van der Waals surface area contributed by atoms with E-state index in [-0.39, 0.29) is 22.4 Å². The van der Waals surface area contributed by atoms with E-state index in [1.54, 1.807) is 41.4 Å². The van der Waals surface area contributed by atoms with E-state index in [9.17, 15) is 27.4 Å². The number of carbonyl (C=O) groups excluding carboxylic acids is 2. The molecule has 2 aliphatic rings. The third-order valence-corrected chi connectivity index (χ3v) is 7.76. The number of nitrogens with zero attached hydrogens (tertiary/aromatic N) is 2. The molecule has 10 nitrogen and oxygen atoms in total. The quantitative estimate of drug-likeness (QED) is 0.290. The number of carboxylic acid groups (broad SMARTS) is 1. The molecule has 0 bridgehead atoms. The van der Waals surface area contributed by atoms with Gasteiger partial charge < -0.3 is 15.3 Å². The van der Waals surface area contributed by atoms with Crippen LogP contribution >= 0.6 is 11.8 Å². The van der Waals surface area contributed by atoms with Crippen molar-refractivity contribution in [2.75, 3.05) is 5.75 Å². The van der Waals surface area contributed by atoms with Crippen molar-refractivity contribution in [1.82, 2.24) is 10.2 Å². The first kappa shape index (κ1) is 23.0. The lowest BCUT2D eigenvalue weighted by molar-refractivity contribution is -0.689. The van der Waals surface area contributed by atoms with Crippen LogP contribution in [-0.4, -0.2) is 57.9 Å². The summed E-state index contributed by atoms with van der Waals surface area (Å²) < 4.78 is 35.1. The van der Waals surface area contributed by atoms with E-state index >= 15 is 0 Å². The van der Waals surface area contributed by atoms with E-state index in [1.165, 1.54) is 40.9 Å². The minimum Gasteiger partial charge on any atom is -0.478 e. The SMILES string of the molecule is O=C(O)c1cc[n+](CC2=CN3C(=O)C(NC(=O)C(c4ccccc4)S(=O)(=O)O)[C@@H]3SC2)cc1. The summed E-state index contributed by atoms with van der Waals surface area (Å²) >= 11 is 1.42. The molecule has 1 aromatic heterocycles. The van der Waals surface area contributed by atoms with Crippen LogP contribution in [0, 0.1) is 0 Å². The van der Waals surface area contributed by atoms with Gasteiger partial charge in [0.15, 0.2) is 24.2 Å². The number of benzene rings is 1. The molecule has 0 spiro atoms. The van der Waals surface area contributed by atoms with Gasteiger partial charge >= 0.3 is 5.97 Å².